The molecule has 2 aromatic carbocycles. The smallest absolute Gasteiger partial charge is 0.0521 e. The van der Waals surface area contributed by atoms with E-state index in [2.05, 4.69) is 50.5 Å². The van der Waals surface area contributed by atoms with Crippen LogP contribution in [0.4, 0.5) is 17.1 Å². The fourth-order valence-electron chi connectivity index (χ4n) is 1.37. The molecule has 5 heteroatoms. The van der Waals surface area contributed by atoms with E-state index in [1.807, 2.05) is 36.4 Å². The first-order chi connectivity index (χ1) is 8.06. The van der Waals surface area contributed by atoms with E-state index in [9.17, 15) is 0 Å². The Balaban J connectivity index is 2.31. The lowest BCUT2D eigenvalue weighted by Gasteiger charge is -2.11. The van der Waals surface area contributed by atoms with E-state index < -0.39 is 0 Å². The second kappa shape index (κ2) is 5.62. The summed E-state index contributed by atoms with van der Waals surface area (Å²) in [7, 11) is 0. The zero-order valence-electron chi connectivity index (χ0n) is 8.68. The van der Waals surface area contributed by atoms with E-state index in [0.717, 1.165) is 29.2 Å². The third-order valence-corrected chi connectivity index (χ3v) is 4.21. The van der Waals surface area contributed by atoms with Gasteiger partial charge < -0.3 is 11.1 Å². The minimum Gasteiger partial charge on any atom is -0.399 e. The first kappa shape index (κ1) is 13.2. The summed E-state index contributed by atoms with van der Waals surface area (Å²) >= 11 is 10.4. The molecule has 2 aromatic rings. The Kier molecular flexibility index (Phi) is 4.37. The fourth-order valence-corrected chi connectivity index (χ4v) is 3.05. The number of nitrogens with one attached hydrogen (secondary N) is 1. The molecule has 2 nitrogen and oxygen atoms in total. The fraction of sp³-hybridized carbons (Fsp3) is 0. The number of hydrogen-bond acceptors (Lipinski definition) is 2. The normalized spacial score (nSPS) is 10.3. The number of anilines is 3. The number of nitrogen functional groups attached to an aromatic ring is 1. The molecule has 0 radical (unpaired) electrons. The Labute approximate surface area is 132 Å². The zero-order valence-corrected chi connectivity index (χ0v) is 13.7. The number of benzene rings is 2. The predicted molar refractivity (Wildman–Crippen MR) is 91.0 cm³/mol. The van der Waals surface area contributed by atoms with Crippen LogP contribution in [0.5, 0.6) is 0 Å². The Hall–Kier alpha value is -0.210. The zero-order chi connectivity index (χ0) is 12.4. The van der Waals surface area contributed by atoms with E-state index in [1.165, 1.54) is 0 Å². The lowest BCUT2D eigenvalue weighted by molar-refractivity contribution is 1.50. The van der Waals surface area contributed by atoms with Crippen molar-refractivity contribution in [3.05, 3.63) is 48.6 Å². The summed E-state index contributed by atoms with van der Waals surface area (Å²) in [6.45, 7) is 0. The predicted octanol–water partition coefficient (Wildman–Crippen LogP) is 4.88. The van der Waals surface area contributed by atoms with Crippen LogP contribution in [0.25, 0.3) is 0 Å². The van der Waals surface area contributed by atoms with Gasteiger partial charge in [0.1, 0.15) is 0 Å². The van der Waals surface area contributed by atoms with Crippen molar-refractivity contribution in [2.45, 2.75) is 0 Å². The maximum Gasteiger partial charge on any atom is 0.0521 e. The molecular weight excluding hydrogens is 461 g/mol. The maximum atomic E-state index is 5.92. The molecule has 0 heterocycles. The molecule has 0 fully saturated rings. The average Bonchev–Trinajstić information content (AvgIpc) is 2.25. The van der Waals surface area contributed by atoms with Crippen molar-refractivity contribution in [2.75, 3.05) is 11.1 Å². The number of hydrogen-bond donors (Lipinski definition) is 2. The summed E-state index contributed by atoms with van der Waals surface area (Å²) in [4.78, 5) is 0. The number of halogens is 3. The Morgan fingerprint density at radius 2 is 1.53 bits per heavy atom. The van der Waals surface area contributed by atoms with E-state index in [1.54, 1.807) is 0 Å². The van der Waals surface area contributed by atoms with E-state index >= 15 is 0 Å². The van der Waals surface area contributed by atoms with Gasteiger partial charge in [0.15, 0.2) is 0 Å². The molecule has 0 unspecified atom stereocenters. The van der Waals surface area contributed by atoms with Crippen molar-refractivity contribution < 1.29 is 0 Å². The van der Waals surface area contributed by atoms with Gasteiger partial charge in [0, 0.05) is 17.9 Å². The van der Waals surface area contributed by atoms with E-state index in [0.29, 0.717) is 0 Å². The first-order valence-corrected chi connectivity index (χ1v) is 7.37. The monoisotopic (exact) mass is 470 g/mol. The Morgan fingerprint density at radius 1 is 0.941 bits per heavy atom. The van der Waals surface area contributed by atoms with Crippen LogP contribution in [0.3, 0.4) is 0 Å². The van der Waals surface area contributed by atoms with Crippen LogP contribution in [0.15, 0.2) is 36.4 Å². The van der Waals surface area contributed by atoms with Gasteiger partial charge in [0.05, 0.1) is 11.4 Å². The first-order valence-electron chi connectivity index (χ1n) is 4.83. The molecule has 0 spiro atoms. The summed E-state index contributed by atoms with van der Waals surface area (Å²) in [5, 5.41) is 4.11. The highest BCUT2D eigenvalue weighted by Gasteiger charge is 2.04. The second-order valence-corrected chi connectivity index (χ2v) is 6.25. The number of rotatable bonds is 2. The van der Waals surface area contributed by atoms with Gasteiger partial charge in [-0.05, 0) is 81.6 Å². The largest absolute Gasteiger partial charge is 0.399 e. The van der Waals surface area contributed by atoms with Crippen molar-refractivity contribution in [3.63, 3.8) is 0 Å². The van der Waals surface area contributed by atoms with Crippen LogP contribution in [0, 0.1) is 7.14 Å². The summed E-state index contributed by atoms with van der Waals surface area (Å²) in [6.07, 6.45) is 0. The van der Waals surface area contributed by atoms with Crippen LogP contribution in [-0.4, -0.2) is 0 Å². The van der Waals surface area contributed by atoms with Gasteiger partial charge in [-0.15, -0.1) is 0 Å². The molecule has 2 rings (SSSR count). The summed E-state index contributed by atoms with van der Waals surface area (Å²) in [6, 6.07) is 11.6. The van der Waals surface area contributed by atoms with Gasteiger partial charge in [-0.2, -0.15) is 0 Å². The molecule has 0 aliphatic rings. The molecule has 3 N–H and O–H groups in total. The summed E-state index contributed by atoms with van der Waals surface area (Å²) in [5.41, 5.74) is 8.57. The molecule has 0 aromatic heterocycles. The maximum absolute atomic E-state index is 5.92. The van der Waals surface area contributed by atoms with E-state index in [4.69, 9.17) is 17.3 Å². The molecular formula is C12H9ClI2N2. The molecule has 88 valence electrons. The molecule has 0 aliphatic carbocycles. The summed E-state index contributed by atoms with van der Waals surface area (Å²) in [5.74, 6) is 0. The second-order valence-electron chi connectivity index (χ2n) is 3.49. The highest BCUT2D eigenvalue weighted by molar-refractivity contribution is 14.1. The lowest BCUT2D eigenvalue weighted by atomic mass is 10.2. The highest BCUT2D eigenvalue weighted by Crippen LogP contribution is 2.28. The average molecular weight is 470 g/mol. The van der Waals surface area contributed by atoms with Crippen molar-refractivity contribution in [1.29, 1.82) is 0 Å². The Morgan fingerprint density at radius 3 is 2.12 bits per heavy atom. The van der Waals surface area contributed by atoms with Gasteiger partial charge in [-0.3, -0.25) is 0 Å². The van der Waals surface area contributed by atoms with Crippen LogP contribution >= 0.6 is 56.8 Å². The van der Waals surface area contributed by atoms with Gasteiger partial charge in [0.25, 0.3) is 0 Å². The molecule has 0 saturated carbocycles. The number of nitrogens with two attached hydrogens (primary N) is 1. The molecule has 0 saturated heterocycles. The molecule has 0 amide bonds. The SMILES string of the molecule is Nc1ccc(Nc2ccc(Cl)cc2I)c(I)c1. The molecule has 0 bridgehead atoms. The van der Waals surface area contributed by atoms with Crippen LogP contribution in [0.1, 0.15) is 0 Å². The molecule has 0 atom stereocenters. The summed E-state index contributed by atoms with van der Waals surface area (Å²) < 4.78 is 2.18. The van der Waals surface area contributed by atoms with Crippen molar-refractivity contribution in [1.82, 2.24) is 0 Å². The minimum atomic E-state index is 0.743. The van der Waals surface area contributed by atoms with Crippen LogP contribution in [-0.2, 0) is 0 Å². The quantitative estimate of drug-likeness (QED) is 0.485. The minimum absolute atomic E-state index is 0.743. The van der Waals surface area contributed by atoms with Crippen molar-refractivity contribution in [2.24, 2.45) is 0 Å². The van der Waals surface area contributed by atoms with Crippen LogP contribution < -0.4 is 11.1 Å². The third kappa shape index (κ3) is 3.38. The Bertz CT molecular complexity index is 509. The highest BCUT2D eigenvalue weighted by atomic mass is 127. The molecule has 17 heavy (non-hydrogen) atoms. The topological polar surface area (TPSA) is 38.0 Å². The van der Waals surface area contributed by atoms with Gasteiger partial charge in [-0.25, -0.2) is 0 Å². The van der Waals surface area contributed by atoms with Gasteiger partial charge >= 0.3 is 0 Å². The standard InChI is InChI=1S/C12H9ClI2N2/c13-7-1-3-11(9(14)5-7)17-12-4-2-8(16)6-10(12)15/h1-6,17H,16H2. The van der Waals surface area contributed by atoms with Crippen LogP contribution in [0.2, 0.25) is 5.02 Å². The van der Waals surface area contributed by atoms with E-state index in [-0.39, 0.29) is 0 Å². The lowest BCUT2D eigenvalue weighted by Crippen LogP contribution is -1.96. The third-order valence-electron chi connectivity index (χ3n) is 2.19. The van der Waals surface area contributed by atoms with Crippen molar-refractivity contribution >= 4 is 73.8 Å². The van der Waals surface area contributed by atoms with Crippen molar-refractivity contribution in [3.8, 4) is 0 Å². The molecule has 0 aliphatic heterocycles. The van der Waals surface area contributed by atoms with Gasteiger partial charge in [-0.1, -0.05) is 11.6 Å². The van der Waals surface area contributed by atoms with Gasteiger partial charge in [0.2, 0.25) is 0 Å².